The molecule has 0 aromatic carbocycles. The Bertz CT molecular complexity index is 787. The minimum absolute atomic E-state index is 0. The Labute approximate surface area is 237 Å². The SMILES string of the molecule is CCCCCCCCCCCCCCCCOCc1c(C)c(C2CCS2)[n+](CC)c(C(=O)OC)c1N.[Cl-]. The average Bonchev–Trinajstić information content (AvgIpc) is 2.85. The van der Waals surface area contributed by atoms with Crippen molar-refractivity contribution in [2.45, 2.75) is 135 Å². The second kappa shape index (κ2) is 20.0. The summed E-state index contributed by atoms with van der Waals surface area (Å²) >= 11 is 1.94. The zero-order valence-electron chi connectivity index (χ0n) is 24.0. The van der Waals surface area contributed by atoms with Gasteiger partial charge in [0.1, 0.15) is 12.2 Å². The van der Waals surface area contributed by atoms with Crippen LogP contribution in [0.3, 0.4) is 0 Å². The third-order valence-electron chi connectivity index (χ3n) is 7.57. The molecule has 1 aromatic heterocycles. The fourth-order valence-corrected chi connectivity index (χ4v) is 6.17. The van der Waals surface area contributed by atoms with E-state index in [4.69, 9.17) is 15.2 Å². The summed E-state index contributed by atoms with van der Waals surface area (Å²) < 4.78 is 13.2. The van der Waals surface area contributed by atoms with Crippen LogP contribution in [0.15, 0.2) is 0 Å². The first-order valence-electron chi connectivity index (χ1n) is 14.7. The zero-order valence-corrected chi connectivity index (χ0v) is 25.6. The Morgan fingerprint density at radius 3 is 1.89 bits per heavy atom. The Morgan fingerprint density at radius 1 is 0.946 bits per heavy atom. The summed E-state index contributed by atoms with van der Waals surface area (Å²) in [4.78, 5) is 12.6. The maximum Gasteiger partial charge on any atom is 0.405 e. The fourth-order valence-electron chi connectivity index (χ4n) is 5.24. The predicted molar refractivity (Wildman–Crippen MR) is 153 cm³/mol. The lowest BCUT2D eigenvalue weighted by Gasteiger charge is -2.26. The maximum atomic E-state index is 12.6. The van der Waals surface area contributed by atoms with E-state index in [9.17, 15) is 4.79 Å². The minimum Gasteiger partial charge on any atom is -1.00 e. The molecule has 2 rings (SSSR count). The Kier molecular flexibility index (Phi) is 18.4. The van der Waals surface area contributed by atoms with E-state index in [0.717, 1.165) is 30.8 Å². The van der Waals surface area contributed by atoms with E-state index in [1.807, 2.05) is 11.8 Å². The smallest absolute Gasteiger partial charge is 0.405 e. The van der Waals surface area contributed by atoms with Crippen LogP contribution in [0, 0.1) is 6.92 Å². The first-order valence-corrected chi connectivity index (χ1v) is 15.7. The number of thioether (sulfide) groups is 1. The topological polar surface area (TPSA) is 65.4 Å². The van der Waals surface area contributed by atoms with Crippen molar-refractivity contribution in [3.8, 4) is 0 Å². The third-order valence-corrected chi connectivity index (χ3v) is 8.90. The van der Waals surface area contributed by atoms with Gasteiger partial charge in [0, 0.05) is 17.7 Å². The third kappa shape index (κ3) is 11.0. The molecule has 214 valence electrons. The van der Waals surface area contributed by atoms with Crippen LogP contribution in [0.5, 0.6) is 0 Å². The molecule has 0 spiro atoms. The summed E-state index contributed by atoms with van der Waals surface area (Å²) in [6, 6.07) is 0. The average molecular weight is 557 g/mol. The van der Waals surface area contributed by atoms with Crippen LogP contribution in [-0.4, -0.2) is 25.4 Å². The van der Waals surface area contributed by atoms with Gasteiger partial charge in [0.2, 0.25) is 0 Å². The van der Waals surface area contributed by atoms with E-state index in [2.05, 4.69) is 25.3 Å². The molecule has 2 heterocycles. The molecule has 37 heavy (non-hydrogen) atoms. The lowest BCUT2D eigenvalue weighted by Crippen LogP contribution is -3.00. The number of nitrogens with zero attached hydrogens (tertiary/aromatic N) is 1. The molecular weight excluding hydrogens is 504 g/mol. The van der Waals surface area contributed by atoms with E-state index < -0.39 is 0 Å². The van der Waals surface area contributed by atoms with Crippen LogP contribution in [0.1, 0.15) is 143 Å². The Morgan fingerprint density at radius 2 is 1.46 bits per heavy atom. The normalized spacial score (nSPS) is 14.8. The summed E-state index contributed by atoms with van der Waals surface area (Å²) in [6.45, 7) is 8.35. The lowest BCUT2D eigenvalue weighted by atomic mass is 9.99. The molecule has 7 heteroatoms. The van der Waals surface area contributed by atoms with E-state index in [1.54, 1.807) is 0 Å². The molecular formula is C30H53ClN2O3S. The highest BCUT2D eigenvalue weighted by molar-refractivity contribution is 8.00. The van der Waals surface area contributed by atoms with Crippen LogP contribution in [-0.2, 0) is 22.6 Å². The number of nitrogen functional groups attached to an aromatic ring is 1. The van der Waals surface area contributed by atoms with Crippen molar-refractivity contribution in [3.05, 3.63) is 22.5 Å². The number of aromatic nitrogens is 1. The number of carbonyl (C=O) groups excluding carboxylic acids is 1. The van der Waals surface area contributed by atoms with Crippen LogP contribution < -0.4 is 22.7 Å². The number of methoxy groups -OCH3 is 1. The summed E-state index contributed by atoms with van der Waals surface area (Å²) in [6.07, 6.45) is 20.1. The van der Waals surface area contributed by atoms with Gasteiger partial charge >= 0.3 is 11.7 Å². The molecule has 1 atom stereocenters. The quantitative estimate of drug-likeness (QED) is 0.141. The zero-order chi connectivity index (χ0) is 26.2. The molecule has 1 aliphatic rings. The van der Waals surface area contributed by atoms with Gasteiger partial charge < -0.3 is 27.6 Å². The van der Waals surface area contributed by atoms with Gasteiger partial charge in [-0.2, -0.15) is 4.57 Å². The minimum atomic E-state index is -0.367. The number of esters is 1. The van der Waals surface area contributed by atoms with E-state index in [0.29, 0.717) is 29.8 Å². The fraction of sp³-hybridized carbons (Fsp3) is 0.800. The van der Waals surface area contributed by atoms with Gasteiger partial charge in [0.05, 0.1) is 19.0 Å². The van der Waals surface area contributed by atoms with Gasteiger partial charge in [0.25, 0.3) is 0 Å². The number of rotatable bonds is 20. The molecule has 0 amide bonds. The van der Waals surface area contributed by atoms with Gasteiger partial charge in [-0.3, -0.25) is 0 Å². The molecule has 2 N–H and O–H groups in total. The van der Waals surface area contributed by atoms with Gasteiger partial charge in [0.15, 0.2) is 5.69 Å². The van der Waals surface area contributed by atoms with Crippen LogP contribution in [0.2, 0.25) is 0 Å². The molecule has 1 aliphatic heterocycles. The highest BCUT2D eigenvalue weighted by Gasteiger charge is 2.38. The predicted octanol–water partition coefficient (Wildman–Crippen LogP) is 4.85. The summed E-state index contributed by atoms with van der Waals surface area (Å²) in [5.74, 6) is 0.796. The summed E-state index contributed by atoms with van der Waals surface area (Å²) in [7, 11) is 1.42. The van der Waals surface area contributed by atoms with Crippen molar-refractivity contribution >= 4 is 23.4 Å². The standard InChI is InChI=1S/C30H52N2O3S.ClH/c1-5-7-8-9-10-11-12-13-14-15-16-17-18-19-21-35-23-25-24(3)28(26-20-22-36-26)32(6-2)29(27(25)31)30(33)34-4;/h26H,5-23H2,1-4H3,(H-,31,33);1H. The number of anilines is 1. The van der Waals surface area contributed by atoms with Gasteiger partial charge in [-0.25, -0.2) is 4.79 Å². The number of halogens is 1. The molecule has 1 saturated heterocycles. The van der Waals surface area contributed by atoms with Crippen LogP contribution >= 0.6 is 11.8 Å². The van der Waals surface area contributed by atoms with Crippen molar-refractivity contribution in [1.29, 1.82) is 0 Å². The van der Waals surface area contributed by atoms with Crippen molar-refractivity contribution in [1.82, 2.24) is 0 Å². The monoisotopic (exact) mass is 556 g/mol. The number of ether oxygens (including phenoxy) is 2. The second-order valence-electron chi connectivity index (χ2n) is 10.3. The molecule has 0 aliphatic carbocycles. The molecule has 1 unspecified atom stereocenters. The largest absolute Gasteiger partial charge is 1.00 e. The Hall–Kier alpha value is -0.980. The number of carbonyl (C=O) groups is 1. The first kappa shape index (κ1) is 34.0. The highest BCUT2D eigenvalue weighted by atomic mass is 35.5. The molecule has 0 bridgehead atoms. The van der Waals surface area contributed by atoms with Crippen molar-refractivity contribution in [2.75, 3.05) is 25.2 Å². The van der Waals surface area contributed by atoms with E-state index >= 15 is 0 Å². The summed E-state index contributed by atoms with van der Waals surface area (Å²) in [5.41, 5.74) is 10.8. The number of pyridine rings is 1. The number of nitrogens with two attached hydrogens (primary N) is 1. The van der Waals surface area contributed by atoms with Gasteiger partial charge in [-0.15, -0.1) is 11.8 Å². The van der Waals surface area contributed by atoms with Crippen molar-refractivity contribution in [3.63, 3.8) is 0 Å². The number of hydrogen-bond donors (Lipinski definition) is 1. The number of unbranched alkanes of at least 4 members (excludes halogenated alkanes) is 13. The molecule has 5 nitrogen and oxygen atoms in total. The van der Waals surface area contributed by atoms with Crippen molar-refractivity contribution in [2.24, 2.45) is 0 Å². The van der Waals surface area contributed by atoms with Crippen molar-refractivity contribution < 1.29 is 31.2 Å². The molecule has 1 aromatic rings. The molecule has 0 radical (unpaired) electrons. The van der Waals surface area contributed by atoms with Gasteiger partial charge in [-0.1, -0.05) is 90.4 Å². The molecule has 1 fully saturated rings. The lowest BCUT2D eigenvalue weighted by molar-refractivity contribution is -0.703. The van der Waals surface area contributed by atoms with Crippen LogP contribution in [0.4, 0.5) is 5.69 Å². The first-order chi connectivity index (χ1) is 17.6. The summed E-state index contributed by atoms with van der Waals surface area (Å²) in [5, 5.41) is 0.415. The number of hydrogen-bond acceptors (Lipinski definition) is 5. The Balaban J connectivity index is 0.00000684. The van der Waals surface area contributed by atoms with Crippen LogP contribution in [0.25, 0.3) is 0 Å². The molecule has 0 saturated carbocycles. The second-order valence-corrected chi connectivity index (χ2v) is 11.6. The van der Waals surface area contributed by atoms with E-state index in [1.165, 1.54) is 102 Å². The highest BCUT2D eigenvalue weighted by Crippen LogP contribution is 2.43. The van der Waals surface area contributed by atoms with Gasteiger partial charge in [-0.05, 0) is 32.4 Å². The van der Waals surface area contributed by atoms with E-state index in [-0.39, 0.29) is 18.4 Å². The maximum absolute atomic E-state index is 12.6.